The molecule has 5 heterocycles. The van der Waals surface area contributed by atoms with Gasteiger partial charge >= 0.3 is 6.09 Å². The molecule has 0 radical (unpaired) electrons. The summed E-state index contributed by atoms with van der Waals surface area (Å²) in [6.07, 6.45) is 2.52. The molecule has 2 aromatic heterocycles. The topological polar surface area (TPSA) is 76.9 Å². The molecule has 208 valence electrons. The van der Waals surface area contributed by atoms with Crippen molar-refractivity contribution in [3.05, 3.63) is 33.7 Å². The molecular weight excluding hydrogens is 587 g/mol. The molecule has 1 saturated carbocycles. The number of amides is 2. The molecule has 1 aromatic carbocycles. The number of morpholine rings is 1. The molecule has 0 spiro atoms. The molecule has 3 atom stereocenters. The minimum Gasteiger partial charge on any atom is -0.444 e. The fourth-order valence-corrected chi connectivity index (χ4v) is 7.11. The van der Waals surface area contributed by atoms with Crippen LogP contribution in [0.4, 0.5) is 9.18 Å². The molecule has 3 aromatic rings. The lowest BCUT2D eigenvalue weighted by Gasteiger charge is -2.40. The van der Waals surface area contributed by atoms with Gasteiger partial charge in [0.1, 0.15) is 22.8 Å². The van der Waals surface area contributed by atoms with E-state index in [2.05, 4.69) is 26.6 Å². The summed E-state index contributed by atoms with van der Waals surface area (Å²) in [4.78, 5) is 34.2. The first kappa shape index (κ1) is 26.8. The van der Waals surface area contributed by atoms with E-state index in [-0.39, 0.29) is 42.4 Å². The number of carbonyl (C=O) groups is 2. The summed E-state index contributed by atoms with van der Waals surface area (Å²) < 4.78 is 29.4. The number of hydrogen-bond acceptors (Lipinski definition) is 6. The number of fused-ring (bicyclic) bond motifs is 4. The van der Waals surface area contributed by atoms with E-state index in [9.17, 15) is 9.59 Å². The molecule has 3 saturated heterocycles. The highest BCUT2D eigenvalue weighted by Gasteiger charge is 2.56. The number of pyridine rings is 1. The van der Waals surface area contributed by atoms with Crippen molar-refractivity contribution in [2.75, 3.05) is 32.6 Å². The number of rotatable bonds is 4. The van der Waals surface area contributed by atoms with Crippen LogP contribution in [0.25, 0.3) is 21.8 Å². The lowest BCUT2D eigenvalue weighted by molar-refractivity contribution is -0.143. The molecule has 2 bridgehead atoms. The van der Waals surface area contributed by atoms with Gasteiger partial charge in [0.05, 0.1) is 35.2 Å². The molecule has 39 heavy (non-hydrogen) atoms. The number of aryl methyl sites for hydroxylation is 1. The summed E-state index contributed by atoms with van der Waals surface area (Å²) >= 11 is 4.87. The lowest BCUT2D eigenvalue weighted by Crippen LogP contribution is -2.45. The molecule has 3 aliphatic heterocycles. The van der Waals surface area contributed by atoms with Gasteiger partial charge in [0.25, 0.3) is 0 Å². The number of ether oxygens (including phenoxy) is 2. The minimum absolute atomic E-state index is 0.00604. The van der Waals surface area contributed by atoms with Crippen LogP contribution in [0.15, 0.2) is 21.6 Å². The highest BCUT2D eigenvalue weighted by molar-refractivity contribution is 9.10. The standard InChI is InChI=1S/C28H32BrFN4O4S/c1-14-8-17-23(22(30)21(14)29)31-26(39-5)18-10-16(12-32-6-7-37-13-20(32)35)34(25(17)18)24-15-9-19(24)33(11-15)27(36)38-28(2,3)4/h8,10,15,19,24H,6-7,9,11-13H2,1-5H3/t15-,19-,24+/m1/s1. The molecule has 4 fully saturated rings. The third-order valence-electron chi connectivity index (χ3n) is 7.99. The van der Waals surface area contributed by atoms with Crippen molar-refractivity contribution in [3.63, 3.8) is 0 Å². The Bertz CT molecular complexity index is 1520. The van der Waals surface area contributed by atoms with E-state index in [0.717, 1.165) is 39.0 Å². The van der Waals surface area contributed by atoms with Gasteiger partial charge in [-0.2, -0.15) is 0 Å². The van der Waals surface area contributed by atoms with Crippen LogP contribution in [0.3, 0.4) is 0 Å². The highest BCUT2D eigenvalue weighted by atomic mass is 79.9. The second-order valence-electron chi connectivity index (χ2n) is 11.7. The van der Waals surface area contributed by atoms with Crippen molar-refractivity contribution in [3.8, 4) is 0 Å². The average molecular weight is 620 g/mol. The van der Waals surface area contributed by atoms with Crippen molar-refractivity contribution < 1.29 is 23.5 Å². The Morgan fingerprint density at radius 2 is 2.08 bits per heavy atom. The summed E-state index contributed by atoms with van der Waals surface area (Å²) in [6.45, 7) is 9.58. The van der Waals surface area contributed by atoms with Gasteiger partial charge in [0, 0.05) is 35.5 Å². The van der Waals surface area contributed by atoms with Gasteiger partial charge in [-0.3, -0.25) is 4.79 Å². The van der Waals surface area contributed by atoms with E-state index in [1.54, 1.807) is 0 Å². The molecular formula is C28H32BrFN4O4S. The first-order valence-electron chi connectivity index (χ1n) is 13.2. The van der Waals surface area contributed by atoms with Crippen LogP contribution >= 0.6 is 27.7 Å². The van der Waals surface area contributed by atoms with Gasteiger partial charge in [-0.25, -0.2) is 14.2 Å². The van der Waals surface area contributed by atoms with E-state index >= 15 is 4.39 Å². The van der Waals surface area contributed by atoms with Crippen LogP contribution in [0.5, 0.6) is 0 Å². The Morgan fingerprint density at radius 1 is 1.31 bits per heavy atom. The zero-order chi connectivity index (χ0) is 27.8. The maximum absolute atomic E-state index is 15.6. The van der Waals surface area contributed by atoms with Crippen molar-refractivity contribution in [1.82, 2.24) is 19.4 Å². The van der Waals surface area contributed by atoms with Crippen molar-refractivity contribution in [1.29, 1.82) is 0 Å². The largest absolute Gasteiger partial charge is 0.444 e. The van der Waals surface area contributed by atoms with Crippen LogP contribution < -0.4 is 0 Å². The van der Waals surface area contributed by atoms with Crippen molar-refractivity contribution in [2.24, 2.45) is 5.92 Å². The Kier molecular flexibility index (Phi) is 6.62. The lowest BCUT2D eigenvalue weighted by atomic mass is 9.79. The number of benzene rings is 1. The third-order valence-corrected chi connectivity index (χ3v) is 9.66. The number of aromatic nitrogens is 2. The van der Waals surface area contributed by atoms with Crippen LogP contribution in [-0.2, 0) is 20.8 Å². The van der Waals surface area contributed by atoms with E-state index in [0.29, 0.717) is 36.2 Å². The zero-order valence-corrected chi connectivity index (χ0v) is 25.1. The van der Waals surface area contributed by atoms with Gasteiger partial charge in [0.2, 0.25) is 5.91 Å². The first-order valence-corrected chi connectivity index (χ1v) is 15.2. The van der Waals surface area contributed by atoms with Crippen LogP contribution in [0.2, 0.25) is 0 Å². The van der Waals surface area contributed by atoms with Gasteiger partial charge < -0.3 is 23.8 Å². The van der Waals surface area contributed by atoms with Gasteiger partial charge in [0.15, 0.2) is 5.82 Å². The van der Waals surface area contributed by atoms with Gasteiger partial charge in [-0.15, -0.1) is 11.8 Å². The molecule has 0 N–H and O–H groups in total. The number of hydrogen-bond donors (Lipinski definition) is 0. The number of halogens is 2. The average Bonchev–Trinajstić information content (AvgIpc) is 3.56. The Labute approximate surface area is 239 Å². The van der Waals surface area contributed by atoms with E-state index in [1.165, 1.54) is 11.8 Å². The summed E-state index contributed by atoms with van der Waals surface area (Å²) in [6, 6.07) is 4.03. The van der Waals surface area contributed by atoms with Crippen molar-refractivity contribution >= 4 is 61.5 Å². The number of carbonyl (C=O) groups excluding carboxylic acids is 2. The molecule has 1 aliphatic carbocycles. The summed E-state index contributed by atoms with van der Waals surface area (Å²) in [5.41, 5.74) is 2.37. The fourth-order valence-electron chi connectivity index (χ4n) is 6.24. The molecule has 8 nitrogen and oxygen atoms in total. The smallest absolute Gasteiger partial charge is 0.410 e. The summed E-state index contributed by atoms with van der Waals surface area (Å²) in [7, 11) is 0. The minimum atomic E-state index is -0.584. The SMILES string of the molecule is CSc1nc2c(F)c(Br)c(C)cc2c2c1cc(CN1CCOCC1=O)n2[C@H]1[C@@H]2C[C@H]1N(C(=O)OC(C)(C)C)C2. The summed E-state index contributed by atoms with van der Waals surface area (Å²) in [5, 5.41) is 2.40. The Balaban J connectivity index is 1.54. The molecule has 11 heteroatoms. The molecule has 2 amide bonds. The second kappa shape index (κ2) is 9.62. The van der Waals surface area contributed by atoms with E-state index < -0.39 is 5.60 Å². The molecule has 0 unspecified atom stereocenters. The fraction of sp³-hybridized carbons (Fsp3) is 0.536. The quantitative estimate of drug-likeness (QED) is 0.351. The van der Waals surface area contributed by atoms with E-state index in [1.807, 2.05) is 49.8 Å². The molecule has 4 aliphatic rings. The normalized spacial score (nSPS) is 23.2. The predicted molar refractivity (Wildman–Crippen MR) is 152 cm³/mol. The molecule has 7 rings (SSSR count). The number of thioether (sulfide) groups is 1. The second-order valence-corrected chi connectivity index (χ2v) is 13.2. The number of nitrogens with zero attached hydrogens (tertiary/aromatic N) is 4. The van der Waals surface area contributed by atoms with Gasteiger partial charge in [-0.05, 0) is 74.0 Å². The first-order chi connectivity index (χ1) is 18.5. The predicted octanol–water partition coefficient (Wildman–Crippen LogP) is 5.66. The van der Waals surface area contributed by atoms with Crippen LogP contribution in [-0.4, -0.2) is 75.6 Å². The van der Waals surface area contributed by atoms with Crippen molar-refractivity contribution in [2.45, 2.75) is 63.4 Å². The Hall–Kier alpha value is -2.37. The van der Waals surface area contributed by atoms with E-state index in [4.69, 9.17) is 14.5 Å². The Morgan fingerprint density at radius 3 is 2.77 bits per heavy atom. The summed E-state index contributed by atoms with van der Waals surface area (Å²) in [5.74, 6) is -0.199. The highest BCUT2D eigenvalue weighted by Crippen LogP contribution is 2.53. The van der Waals surface area contributed by atoms with Crippen LogP contribution in [0, 0.1) is 18.7 Å². The maximum atomic E-state index is 15.6. The van der Waals surface area contributed by atoms with Gasteiger partial charge in [-0.1, -0.05) is 0 Å². The third kappa shape index (κ3) is 4.41. The zero-order valence-electron chi connectivity index (χ0n) is 22.7. The monoisotopic (exact) mass is 618 g/mol. The maximum Gasteiger partial charge on any atom is 0.410 e. The van der Waals surface area contributed by atoms with Crippen LogP contribution in [0.1, 0.15) is 44.5 Å².